The van der Waals surface area contributed by atoms with Gasteiger partial charge in [-0.2, -0.15) is 0 Å². The first-order chi connectivity index (χ1) is 17.5. The third kappa shape index (κ3) is 5.95. The van der Waals surface area contributed by atoms with E-state index in [0.29, 0.717) is 18.2 Å². The number of nitrogens with zero attached hydrogens (tertiary/aromatic N) is 3. The van der Waals surface area contributed by atoms with Crippen LogP contribution in [0.2, 0.25) is 0 Å². The van der Waals surface area contributed by atoms with Gasteiger partial charge in [-0.15, -0.1) is 11.8 Å². The molecule has 4 aromatic rings. The molecule has 0 saturated carbocycles. The van der Waals surface area contributed by atoms with E-state index in [1.807, 2.05) is 72.4 Å². The number of fused-ring (bicyclic) bond motifs is 1. The van der Waals surface area contributed by atoms with Crippen molar-refractivity contribution in [2.75, 3.05) is 13.6 Å². The number of nitrogens with one attached hydrogen (secondary N) is 2. The summed E-state index contributed by atoms with van der Waals surface area (Å²) in [5, 5.41) is 0. The van der Waals surface area contributed by atoms with E-state index >= 15 is 0 Å². The van der Waals surface area contributed by atoms with Gasteiger partial charge in [0.2, 0.25) is 0 Å². The molecule has 1 fully saturated rings. The molecular formula is C28H30FN5OS. The molecule has 8 heteroatoms. The van der Waals surface area contributed by atoms with Gasteiger partial charge >= 0.3 is 0 Å². The highest BCUT2D eigenvalue weighted by molar-refractivity contribution is 7.98. The van der Waals surface area contributed by atoms with Gasteiger partial charge in [-0.1, -0.05) is 18.2 Å². The van der Waals surface area contributed by atoms with Gasteiger partial charge in [0.05, 0.1) is 5.69 Å². The maximum absolute atomic E-state index is 13.5. The van der Waals surface area contributed by atoms with Gasteiger partial charge in [0, 0.05) is 54.3 Å². The fourth-order valence-electron chi connectivity index (χ4n) is 4.56. The minimum atomic E-state index is -0.212. The van der Waals surface area contributed by atoms with Crippen LogP contribution in [0, 0.1) is 5.82 Å². The lowest BCUT2D eigenvalue weighted by molar-refractivity contribution is 0.0791. The van der Waals surface area contributed by atoms with Crippen molar-refractivity contribution >= 4 is 23.3 Å². The molecule has 2 aromatic heterocycles. The maximum atomic E-state index is 13.5. The quantitative estimate of drug-likeness (QED) is 0.307. The van der Waals surface area contributed by atoms with E-state index in [4.69, 9.17) is 0 Å². The zero-order chi connectivity index (χ0) is 24.9. The summed E-state index contributed by atoms with van der Waals surface area (Å²) in [5.74, 6) is 0.595. The summed E-state index contributed by atoms with van der Waals surface area (Å²) in [6, 6.07) is 20.9. The van der Waals surface area contributed by atoms with Crippen LogP contribution in [-0.2, 0) is 5.75 Å². The van der Waals surface area contributed by atoms with Gasteiger partial charge in [0.15, 0.2) is 0 Å². The number of carbonyl (C=O) groups is 1. The number of hydrazine groups is 1. The molecular weight excluding hydrogens is 473 g/mol. The number of pyridine rings is 1. The van der Waals surface area contributed by atoms with E-state index in [9.17, 15) is 9.18 Å². The van der Waals surface area contributed by atoms with Crippen molar-refractivity contribution in [3.05, 3.63) is 102 Å². The molecule has 2 aromatic carbocycles. The second kappa shape index (κ2) is 11.2. The first-order valence-corrected chi connectivity index (χ1v) is 13.2. The third-order valence-corrected chi connectivity index (χ3v) is 7.57. The molecule has 1 aliphatic heterocycles. The molecule has 5 rings (SSSR count). The molecule has 0 bridgehead atoms. The third-order valence-electron chi connectivity index (χ3n) is 6.53. The molecule has 2 atom stereocenters. The van der Waals surface area contributed by atoms with Crippen molar-refractivity contribution in [3.8, 4) is 0 Å². The summed E-state index contributed by atoms with van der Waals surface area (Å²) in [6.07, 6.45) is 6.78. The number of benzene rings is 2. The van der Waals surface area contributed by atoms with Crippen LogP contribution in [0.5, 0.6) is 0 Å². The summed E-state index contributed by atoms with van der Waals surface area (Å²) >= 11 is 1.71. The van der Waals surface area contributed by atoms with E-state index in [1.165, 1.54) is 6.07 Å². The molecule has 1 aliphatic rings. The fourth-order valence-corrected chi connectivity index (χ4v) is 5.34. The molecule has 2 N–H and O–H groups in total. The van der Waals surface area contributed by atoms with E-state index in [0.717, 1.165) is 46.8 Å². The Labute approximate surface area is 214 Å². The van der Waals surface area contributed by atoms with Crippen LogP contribution >= 0.6 is 11.8 Å². The fraction of sp³-hybridized carbons (Fsp3) is 0.286. The number of hydrogen-bond acceptors (Lipinski definition) is 5. The summed E-state index contributed by atoms with van der Waals surface area (Å²) < 4.78 is 15.5. The number of rotatable bonds is 9. The molecule has 6 nitrogen and oxygen atoms in total. The highest BCUT2D eigenvalue weighted by Crippen LogP contribution is 2.25. The Balaban J connectivity index is 1.06. The first kappa shape index (κ1) is 24.5. The van der Waals surface area contributed by atoms with Gasteiger partial charge in [0.1, 0.15) is 11.5 Å². The van der Waals surface area contributed by atoms with Gasteiger partial charge in [-0.05, 0) is 73.4 Å². The van der Waals surface area contributed by atoms with Crippen molar-refractivity contribution in [1.29, 1.82) is 0 Å². The Bertz CT molecular complexity index is 1290. The van der Waals surface area contributed by atoms with Crippen LogP contribution in [0.4, 0.5) is 4.39 Å². The number of imidazole rings is 1. The number of hydrogen-bond donors (Lipinski definition) is 2. The number of thioether (sulfide) groups is 1. The predicted molar refractivity (Wildman–Crippen MR) is 141 cm³/mol. The van der Waals surface area contributed by atoms with Crippen molar-refractivity contribution in [2.24, 2.45) is 0 Å². The molecule has 1 saturated heterocycles. The van der Waals surface area contributed by atoms with Crippen LogP contribution in [0.15, 0.2) is 84.0 Å². The molecule has 0 spiro atoms. The number of amides is 1. The normalized spacial score (nSPS) is 17.5. The maximum Gasteiger partial charge on any atom is 0.253 e. The number of halogens is 1. The van der Waals surface area contributed by atoms with Crippen molar-refractivity contribution in [1.82, 2.24) is 25.1 Å². The lowest BCUT2D eigenvalue weighted by atomic mass is 9.99. The van der Waals surface area contributed by atoms with Crippen LogP contribution in [0.25, 0.3) is 5.65 Å². The lowest BCUT2D eigenvalue weighted by Gasteiger charge is -2.18. The highest BCUT2D eigenvalue weighted by Gasteiger charge is 2.25. The standard InChI is InChI=1S/C28H30FN5OS/c1-33(14-5-8-23-17-26(32-31-23)21-6-4-7-22(29)16-21)28(35)20-10-12-25(13-11-20)36-19-24-18-34-15-3-2-9-27(34)30-24/h2-4,6-7,9-13,15-16,18,23,26,31-32H,5,8,14,17,19H2,1H3. The Morgan fingerprint density at radius 3 is 2.81 bits per heavy atom. The molecule has 2 unspecified atom stereocenters. The zero-order valence-corrected chi connectivity index (χ0v) is 21.0. The number of aromatic nitrogens is 2. The molecule has 36 heavy (non-hydrogen) atoms. The van der Waals surface area contributed by atoms with Gasteiger partial charge < -0.3 is 9.30 Å². The molecule has 3 heterocycles. The minimum absolute atomic E-state index is 0.0297. The van der Waals surface area contributed by atoms with E-state index in [1.54, 1.807) is 28.8 Å². The Hall–Kier alpha value is -3.20. The topological polar surface area (TPSA) is 61.7 Å². The van der Waals surface area contributed by atoms with Crippen molar-refractivity contribution in [2.45, 2.75) is 42.0 Å². The first-order valence-electron chi connectivity index (χ1n) is 12.2. The molecule has 0 radical (unpaired) electrons. The van der Waals surface area contributed by atoms with Crippen molar-refractivity contribution < 1.29 is 9.18 Å². The summed E-state index contributed by atoms with van der Waals surface area (Å²) in [6.45, 7) is 0.687. The predicted octanol–water partition coefficient (Wildman–Crippen LogP) is 5.23. The van der Waals surface area contributed by atoms with Crippen LogP contribution in [-0.4, -0.2) is 39.8 Å². The van der Waals surface area contributed by atoms with Crippen LogP contribution < -0.4 is 10.9 Å². The molecule has 1 amide bonds. The van der Waals surface area contributed by atoms with Crippen LogP contribution in [0.3, 0.4) is 0 Å². The largest absolute Gasteiger partial charge is 0.342 e. The Morgan fingerprint density at radius 1 is 1.14 bits per heavy atom. The Morgan fingerprint density at radius 2 is 2.00 bits per heavy atom. The lowest BCUT2D eigenvalue weighted by Crippen LogP contribution is -2.32. The average molecular weight is 504 g/mol. The highest BCUT2D eigenvalue weighted by atomic mass is 32.2. The van der Waals surface area contributed by atoms with E-state index < -0.39 is 0 Å². The molecule has 0 aliphatic carbocycles. The monoisotopic (exact) mass is 503 g/mol. The second-order valence-electron chi connectivity index (χ2n) is 9.21. The van der Waals surface area contributed by atoms with Gasteiger partial charge in [0.25, 0.3) is 5.91 Å². The minimum Gasteiger partial charge on any atom is -0.342 e. The number of carbonyl (C=O) groups excluding carboxylic acids is 1. The van der Waals surface area contributed by atoms with E-state index in [2.05, 4.69) is 15.8 Å². The second-order valence-corrected chi connectivity index (χ2v) is 10.3. The Kier molecular flexibility index (Phi) is 7.65. The summed E-state index contributed by atoms with van der Waals surface area (Å²) in [4.78, 5) is 20.4. The smallest absolute Gasteiger partial charge is 0.253 e. The molecule has 186 valence electrons. The van der Waals surface area contributed by atoms with Crippen molar-refractivity contribution in [3.63, 3.8) is 0 Å². The average Bonchev–Trinajstić information content (AvgIpc) is 3.54. The van der Waals surface area contributed by atoms with Gasteiger partial charge in [-0.3, -0.25) is 15.6 Å². The zero-order valence-electron chi connectivity index (χ0n) is 20.2. The summed E-state index contributed by atoms with van der Waals surface area (Å²) in [5.41, 5.74) is 10.2. The van der Waals surface area contributed by atoms with Crippen LogP contribution in [0.1, 0.15) is 46.9 Å². The summed E-state index contributed by atoms with van der Waals surface area (Å²) in [7, 11) is 1.85. The van der Waals surface area contributed by atoms with E-state index in [-0.39, 0.29) is 17.8 Å². The SMILES string of the molecule is CN(CCCC1CC(c2cccc(F)c2)NN1)C(=O)c1ccc(SCc2cn3ccccc3n2)cc1. The van der Waals surface area contributed by atoms with Gasteiger partial charge in [-0.25, -0.2) is 9.37 Å².